The van der Waals surface area contributed by atoms with Gasteiger partial charge < -0.3 is 25.2 Å². The third-order valence-corrected chi connectivity index (χ3v) is 6.45. The number of aryl methyl sites for hydroxylation is 1. The second-order valence-corrected chi connectivity index (χ2v) is 8.58. The zero-order chi connectivity index (χ0) is 22.9. The maximum absolute atomic E-state index is 13.4. The Morgan fingerprint density at radius 3 is 2.31 bits per heavy atom. The zero-order valence-electron chi connectivity index (χ0n) is 17.5. The number of phenols is 2. The van der Waals surface area contributed by atoms with Gasteiger partial charge in [-0.05, 0) is 43.0 Å². The number of benzene rings is 3. The van der Waals surface area contributed by atoms with Crippen LogP contribution in [-0.4, -0.2) is 50.3 Å². The first kappa shape index (κ1) is 20.6. The summed E-state index contributed by atoms with van der Waals surface area (Å²) in [5.41, 5.74) is 1.23. The van der Waals surface area contributed by atoms with Crippen molar-refractivity contribution >= 4 is 22.3 Å². The molecule has 0 saturated carbocycles. The van der Waals surface area contributed by atoms with E-state index >= 15 is 0 Å². The molecule has 0 aromatic heterocycles. The monoisotopic (exact) mass is 434 g/mol. The van der Waals surface area contributed by atoms with Crippen LogP contribution in [0.5, 0.6) is 11.5 Å². The minimum Gasteiger partial charge on any atom is -0.507 e. The van der Waals surface area contributed by atoms with E-state index < -0.39 is 36.0 Å². The van der Waals surface area contributed by atoms with E-state index in [2.05, 4.69) is 0 Å². The van der Waals surface area contributed by atoms with Crippen molar-refractivity contribution < 1.29 is 34.8 Å². The fourth-order valence-electron chi connectivity index (χ4n) is 4.84. The molecule has 0 spiro atoms. The fourth-order valence-corrected chi connectivity index (χ4v) is 4.84. The number of hydrogen-bond acceptors (Lipinski definition) is 7. The summed E-state index contributed by atoms with van der Waals surface area (Å²) >= 11 is 0. The summed E-state index contributed by atoms with van der Waals surface area (Å²) in [5, 5.41) is 42.5. The number of fused-ring (bicyclic) bond motifs is 4. The predicted octanol–water partition coefficient (Wildman–Crippen LogP) is 2.91. The standard InChI is InChI=1S/C25H22O7/c1-10-7-12-3-4-14-20(19(12)16(26)8-10)24(30)15-6-5-13(23(29)21(15)25(14)31)18-9-17(27)22(28)11(2)32-18/h3-8,11,17-18,22,26-29H,9H2,1-2H3. The Morgan fingerprint density at radius 2 is 1.59 bits per heavy atom. The minimum atomic E-state index is -1.05. The van der Waals surface area contributed by atoms with Crippen LogP contribution in [0.4, 0.5) is 0 Å². The summed E-state index contributed by atoms with van der Waals surface area (Å²) < 4.78 is 5.74. The number of rotatable bonds is 1. The van der Waals surface area contributed by atoms with E-state index in [4.69, 9.17) is 4.74 Å². The lowest BCUT2D eigenvalue weighted by Crippen LogP contribution is -2.44. The number of carbonyl (C=O) groups excluding carboxylic acids is 2. The Hall–Kier alpha value is -3.26. The molecule has 3 aromatic carbocycles. The molecule has 0 amide bonds. The van der Waals surface area contributed by atoms with Crippen molar-refractivity contribution in [1.82, 2.24) is 0 Å². The highest BCUT2D eigenvalue weighted by Gasteiger charge is 2.39. The number of ketones is 2. The van der Waals surface area contributed by atoms with E-state index in [0.717, 1.165) is 5.56 Å². The van der Waals surface area contributed by atoms with E-state index in [1.54, 1.807) is 13.0 Å². The van der Waals surface area contributed by atoms with Gasteiger partial charge in [0.1, 0.15) is 17.6 Å². The molecule has 1 aliphatic carbocycles. The first-order valence-corrected chi connectivity index (χ1v) is 10.4. The van der Waals surface area contributed by atoms with Crippen molar-refractivity contribution in [3.8, 4) is 11.5 Å². The van der Waals surface area contributed by atoms with Crippen LogP contribution >= 0.6 is 0 Å². The van der Waals surface area contributed by atoms with Gasteiger partial charge >= 0.3 is 0 Å². The topological polar surface area (TPSA) is 124 Å². The second kappa shape index (κ2) is 7.13. The van der Waals surface area contributed by atoms with E-state index in [1.165, 1.54) is 24.3 Å². The SMILES string of the molecule is Cc1cc(O)c2c3c(ccc2c1)C(=O)c1c(ccc(C2CC(O)C(O)C(C)O2)c1O)C3=O. The summed E-state index contributed by atoms with van der Waals surface area (Å²) in [5.74, 6) is -1.45. The van der Waals surface area contributed by atoms with Gasteiger partial charge in [0.25, 0.3) is 0 Å². The van der Waals surface area contributed by atoms with Gasteiger partial charge in [0, 0.05) is 34.1 Å². The van der Waals surface area contributed by atoms with Gasteiger partial charge in [-0.3, -0.25) is 9.59 Å². The van der Waals surface area contributed by atoms with Crippen LogP contribution in [0.2, 0.25) is 0 Å². The summed E-state index contributed by atoms with van der Waals surface area (Å²) in [6.07, 6.45) is -3.48. The maximum Gasteiger partial charge on any atom is 0.198 e. The fraction of sp³-hybridized carbons (Fsp3) is 0.280. The number of aliphatic hydroxyl groups excluding tert-OH is 2. The Bertz CT molecular complexity index is 1300. The highest BCUT2D eigenvalue weighted by Crippen LogP contribution is 2.43. The summed E-state index contributed by atoms with van der Waals surface area (Å²) in [4.78, 5) is 26.8. The number of phenolic OH excluding ortho intramolecular Hbond substituents is 2. The molecular formula is C25H22O7. The quantitative estimate of drug-likeness (QED) is 0.363. The lowest BCUT2D eigenvalue weighted by Gasteiger charge is -2.36. The van der Waals surface area contributed by atoms with Gasteiger partial charge in [-0.2, -0.15) is 0 Å². The summed E-state index contributed by atoms with van der Waals surface area (Å²) in [6.45, 7) is 3.43. The van der Waals surface area contributed by atoms with E-state index in [0.29, 0.717) is 10.8 Å². The molecule has 4 unspecified atom stereocenters. The first-order valence-electron chi connectivity index (χ1n) is 10.4. The number of carbonyl (C=O) groups is 2. The van der Waals surface area contributed by atoms with Gasteiger partial charge in [0.2, 0.25) is 0 Å². The average molecular weight is 434 g/mol. The normalized spacial score (nSPS) is 25.0. The average Bonchev–Trinajstić information content (AvgIpc) is 2.74. The summed E-state index contributed by atoms with van der Waals surface area (Å²) in [7, 11) is 0. The Labute approximate surface area is 183 Å². The van der Waals surface area contributed by atoms with Crippen molar-refractivity contribution in [2.75, 3.05) is 0 Å². The third kappa shape index (κ3) is 2.86. The van der Waals surface area contributed by atoms with Crippen LogP contribution in [-0.2, 0) is 4.74 Å². The molecule has 7 heteroatoms. The van der Waals surface area contributed by atoms with Gasteiger partial charge in [0.15, 0.2) is 11.6 Å². The second-order valence-electron chi connectivity index (χ2n) is 8.58. The summed E-state index contributed by atoms with van der Waals surface area (Å²) in [6, 6.07) is 9.53. The van der Waals surface area contributed by atoms with E-state index in [1.807, 2.05) is 13.0 Å². The molecule has 4 atom stereocenters. The van der Waals surface area contributed by atoms with Crippen molar-refractivity contribution in [2.45, 2.75) is 44.7 Å². The van der Waals surface area contributed by atoms with Gasteiger partial charge in [-0.25, -0.2) is 0 Å². The zero-order valence-corrected chi connectivity index (χ0v) is 17.5. The molecule has 1 saturated heterocycles. The maximum atomic E-state index is 13.4. The minimum absolute atomic E-state index is 0.0361. The highest BCUT2D eigenvalue weighted by atomic mass is 16.5. The number of hydrogen-bond donors (Lipinski definition) is 4. The molecule has 3 aromatic rings. The molecule has 164 valence electrons. The molecule has 1 heterocycles. The number of aromatic hydroxyl groups is 2. The lowest BCUT2D eigenvalue weighted by atomic mass is 9.79. The van der Waals surface area contributed by atoms with E-state index in [-0.39, 0.29) is 45.7 Å². The number of ether oxygens (including phenoxy) is 1. The van der Waals surface area contributed by atoms with Crippen LogP contribution in [0.25, 0.3) is 10.8 Å². The van der Waals surface area contributed by atoms with Crippen LogP contribution < -0.4 is 0 Å². The first-order chi connectivity index (χ1) is 15.2. The molecule has 1 aliphatic heterocycles. The molecule has 5 rings (SSSR count). The lowest BCUT2D eigenvalue weighted by molar-refractivity contribution is -0.163. The van der Waals surface area contributed by atoms with Crippen LogP contribution in [0.3, 0.4) is 0 Å². The molecule has 0 radical (unpaired) electrons. The van der Waals surface area contributed by atoms with Crippen molar-refractivity contribution in [3.63, 3.8) is 0 Å². The predicted molar refractivity (Wildman–Crippen MR) is 115 cm³/mol. The Kier molecular flexibility index (Phi) is 4.60. The Morgan fingerprint density at radius 1 is 0.938 bits per heavy atom. The number of aliphatic hydroxyl groups is 2. The molecule has 32 heavy (non-hydrogen) atoms. The van der Waals surface area contributed by atoms with Crippen molar-refractivity contribution in [3.05, 3.63) is 69.8 Å². The largest absolute Gasteiger partial charge is 0.507 e. The molecule has 0 bridgehead atoms. The van der Waals surface area contributed by atoms with Crippen molar-refractivity contribution in [1.29, 1.82) is 0 Å². The van der Waals surface area contributed by atoms with Crippen LogP contribution in [0, 0.1) is 6.92 Å². The van der Waals surface area contributed by atoms with Gasteiger partial charge in [-0.15, -0.1) is 0 Å². The molecular weight excluding hydrogens is 412 g/mol. The molecule has 1 fully saturated rings. The molecule has 2 aliphatic rings. The van der Waals surface area contributed by atoms with Crippen LogP contribution in [0.15, 0.2) is 36.4 Å². The molecule has 7 nitrogen and oxygen atoms in total. The van der Waals surface area contributed by atoms with Crippen LogP contribution in [0.1, 0.15) is 62.4 Å². The van der Waals surface area contributed by atoms with Crippen molar-refractivity contribution in [2.24, 2.45) is 0 Å². The smallest absolute Gasteiger partial charge is 0.198 e. The molecule has 4 N–H and O–H groups in total. The van der Waals surface area contributed by atoms with Gasteiger partial charge in [0.05, 0.1) is 23.9 Å². The Balaban J connectivity index is 1.66. The van der Waals surface area contributed by atoms with E-state index in [9.17, 15) is 30.0 Å². The third-order valence-electron chi connectivity index (χ3n) is 6.45. The van der Waals surface area contributed by atoms with Gasteiger partial charge in [-0.1, -0.05) is 18.2 Å². The highest BCUT2D eigenvalue weighted by molar-refractivity contribution is 6.33.